The summed E-state index contributed by atoms with van der Waals surface area (Å²) in [6.45, 7) is 4.14. The molecule has 108 valence electrons. The summed E-state index contributed by atoms with van der Waals surface area (Å²) in [7, 11) is 0. The second kappa shape index (κ2) is 5.44. The molecule has 5 heteroatoms. The first-order chi connectivity index (χ1) is 10.1. The van der Waals surface area contributed by atoms with E-state index in [9.17, 15) is 4.79 Å². The predicted molar refractivity (Wildman–Crippen MR) is 78.7 cm³/mol. The molecule has 3 rings (SSSR count). The molecule has 0 saturated heterocycles. The number of amides is 1. The summed E-state index contributed by atoms with van der Waals surface area (Å²) in [5, 5.41) is 4.25. The summed E-state index contributed by atoms with van der Waals surface area (Å²) in [4.78, 5) is 12.1. The minimum atomic E-state index is -0.263. The average Bonchev–Trinajstić information content (AvgIpc) is 2.83. The van der Waals surface area contributed by atoms with Gasteiger partial charge in [0, 0.05) is 12.0 Å². The Morgan fingerprint density at radius 3 is 2.86 bits per heavy atom. The highest BCUT2D eigenvalue weighted by Crippen LogP contribution is 2.24. The van der Waals surface area contributed by atoms with Crippen molar-refractivity contribution < 1.29 is 13.9 Å². The van der Waals surface area contributed by atoms with Crippen LogP contribution in [0.4, 0.5) is 0 Å². The van der Waals surface area contributed by atoms with Crippen LogP contribution in [0.5, 0.6) is 5.75 Å². The van der Waals surface area contributed by atoms with Gasteiger partial charge in [0.1, 0.15) is 17.3 Å². The van der Waals surface area contributed by atoms with E-state index < -0.39 is 0 Å². The average molecular weight is 284 g/mol. The standard InChI is InChI=1S/C16H16N2O3/c1-10-9-13(11(2)21-10)16(19)18-17-14-7-8-20-15-6-4-3-5-12(14)15/h3-6,9H,7-8H2,1-2H3,(H,18,19)/b17-14-. The molecule has 0 atom stereocenters. The van der Waals surface area contributed by atoms with E-state index in [-0.39, 0.29) is 5.91 Å². The lowest BCUT2D eigenvalue weighted by atomic mass is 10.0. The van der Waals surface area contributed by atoms with Crippen LogP contribution in [-0.2, 0) is 0 Å². The number of hydrazone groups is 1. The summed E-state index contributed by atoms with van der Waals surface area (Å²) in [5.41, 5.74) is 4.85. The maximum absolute atomic E-state index is 12.1. The highest BCUT2D eigenvalue weighted by molar-refractivity contribution is 6.05. The molecule has 1 aromatic carbocycles. The van der Waals surface area contributed by atoms with E-state index in [1.54, 1.807) is 13.0 Å². The van der Waals surface area contributed by atoms with E-state index >= 15 is 0 Å². The number of furan rings is 1. The monoisotopic (exact) mass is 284 g/mol. The Bertz CT molecular complexity index is 716. The minimum Gasteiger partial charge on any atom is -0.492 e. The number of fused-ring (bicyclic) bond motifs is 1. The molecule has 1 amide bonds. The summed E-state index contributed by atoms with van der Waals surface area (Å²) in [6, 6.07) is 9.39. The first kappa shape index (κ1) is 13.4. The zero-order chi connectivity index (χ0) is 14.8. The Labute approximate surface area is 122 Å². The molecule has 0 radical (unpaired) electrons. The summed E-state index contributed by atoms with van der Waals surface area (Å²) in [5.74, 6) is 1.84. The molecule has 2 aromatic rings. The third kappa shape index (κ3) is 2.67. The molecule has 0 unspecified atom stereocenters. The van der Waals surface area contributed by atoms with Crippen molar-refractivity contribution in [2.75, 3.05) is 6.61 Å². The van der Waals surface area contributed by atoms with Crippen molar-refractivity contribution in [3.05, 3.63) is 53.0 Å². The fraction of sp³-hybridized carbons (Fsp3) is 0.250. The lowest BCUT2D eigenvalue weighted by molar-refractivity contribution is 0.0953. The number of hydrogen-bond acceptors (Lipinski definition) is 4. The van der Waals surface area contributed by atoms with Crippen molar-refractivity contribution in [1.29, 1.82) is 0 Å². The number of nitrogens with one attached hydrogen (secondary N) is 1. The van der Waals surface area contributed by atoms with Crippen LogP contribution in [0.3, 0.4) is 0 Å². The number of aryl methyl sites for hydroxylation is 2. The van der Waals surface area contributed by atoms with Crippen LogP contribution in [-0.4, -0.2) is 18.2 Å². The Kier molecular flexibility index (Phi) is 3.48. The van der Waals surface area contributed by atoms with Crippen LogP contribution in [0.25, 0.3) is 0 Å². The van der Waals surface area contributed by atoms with Crippen LogP contribution in [0.15, 0.2) is 39.9 Å². The van der Waals surface area contributed by atoms with Gasteiger partial charge < -0.3 is 9.15 Å². The van der Waals surface area contributed by atoms with Gasteiger partial charge in [-0.1, -0.05) is 12.1 Å². The molecule has 1 N–H and O–H groups in total. The van der Waals surface area contributed by atoms with Crippen molar-refractivity contribution in [2.24, 2.45) is 5.10 Å². The second-order valence-electron chi connectivity index (χ2n) is 4.92. The summed E-state index contributed by atoms with van der Waals surface area (Å²) in [6.07, 6.45) is 0.667. The van der Waals surface area contributed by atoms with Crippen molar-refractivity contribution in [2.45, 2.75) is 20.3 Å². The van der Waals surface area contributed by atoms with Crippen molar-refractivity contribution in [1.82, 2.24) is 5.43 Å². The summed E-state index contributed by atoms with van der Waals surface area (Å²) < 4.78 is 10.9. The molecule has 0 saturated carbocycles. The first-order valence-electron chi connectivity index (χ1n) is 6.81. The highest BCUT2D eigenvalue weighted by Gasteiger charge is 2.17. The number of carbonyl (C=O) groups excluding carboxylic acids is 1. The molecule has 0 aliphatic carbocycles. The topological polar surface area (TPSA) is 63.8 Å². The molecule has 0 bridgehead atoms. The van der Waals surface area contributed by atoms with Crippen molar-refractivity contribution in [3.8, 4) is 5.75 Å². The Morgan fingerprint density at radius 2 is 2.10 bits per heavy atom. The van der Waals surface area contributed by atoms with Gasteiger partial charge in [-0.05, 0) is 32.0 Å². The molecule has 2 heterocycles. The Hall–Kier alpha value is -2.56. The van der Waals surface area contributed by atoms with Gasteiger partial charge >= 0.3 is 0 Å². The predicted octanol–water partition coefficient (Wildman–Crippen LogP) is 2.81. The second-order valence-corrected chi connectivity index (χ2v) is 4.92. The SMILES string of the molecule is Cc1cc(C(=O)N/N=C2/CCOc3ccccc32)c(C)o1. The Balaban J connectivity index is 1.81. The molecule has 0 spiro atoms. The molecular weight excluding hydrogens is 268 g/mol. The van der Waals surface area contributed by atoms with Crippen molar-refractivity contribution in [3.63, 3.8) is 0 Å². The molecule has 5 nitrogen and oxygen atoms in total. The zero-order valence-electron chi connectivity index (χ0n) is 12.0. The number of rotatable bonds is 2. The number of benzene rings is 1. The normalized spacial score (nSPS) is 15.4. The van der Waals surface area contributed by atoms with Crippen LogP contribution in [0.2, 0.25) is 0 Å². The van der Waals surface area contributed by atoms with E-state index in [4.69, 9.17) is 9.15 Å². The fourth-order valence-corrected chi connectivity index (χ4v) is 2.37. The van der Waals surface area contributed by atoms with E-state index in [1.807, 2.05) is 31.2 Å². The number of ether oxygens (including phenoxy) is 1. The van der Waals surface area contributed by atoms with E-state index in [1.165, 1.54) is 0 Å². The van der Waals surface area contributed by atoms with E-state index in [2.05, 4.69) is 10.5 Å². The van der Waals surface area contributed by atoms with Crippen LogP contribution in [0, 0.1) is 13.8 Å². The molecular formula is C16H16N2O3. The highest BCUT2D eigenvalue weighted by atomic mass is 16.5. The molecule has 1 aliphatic heterocycles. The van der Waals surface area contributed by atoms with Crippen LogP contribution in [0.1, 0.15) is 33.9 Å². The molecule has 0 fully saturated rings. The number of nitrogens with zero attached hydrogens (tertiary/aromatic N) is 1. The number of para-hydroxylation sites is 1. The molecule has 1 aromatic heterocycles. The third-order valence-electron chi connectivity index (χ3n) is 3.37. The van der Waals surface area contributed by atoms with Gasteiger partial charge in [-0.3, -0.25) is 4.79 Å². The maximum Gasteiger partial charge on any atom is 0.274 e. The number of hydrogen-bond donors (Lipinski definition) is 1. The van der Waals surface area contributed by atoms with Gasteiger partial charge in [-0.2, -0.15) is 5.10 Å². The smallest absolute Gasteiger partial charge is 0.274 e. The van der Waals surface area contributed by atoms with E-state index in [0.717, 1.165) is 17.0 Å². The molecule has 21 heavy (non-hydrogen) atoms. The summed E-state index contributed by atoms with van der Waals surface area (Å²) >= 11 is 0. The van der Waals surface area contributed by atoms with Crippen molar-refractivity contribution >= 4 is 11.6 Å². The van der Waals surface area contributed by atoms with Gasteiger partial charge in [0.15, 0.2) is 0 Å². The van der Waals surface area contributed by atoms with Gasteiger partial charge in [-0.15, -0.1) is 0 Å². The third-order valence-corrected chi connectivity index (χ3v) is 3.37. The van der Waals surface area contributed by atoms with E-state index in [0.29, 0.717) is 30.1 Å². The minimum absolute atomic E-state index is 0.263. The molecule has 1 aliphatic rings. The maximum atomic E-state index is 12.1. The van der Waals surface area contributed by atoms with Gasteiger partial charge in [0.25, 0.3) is 5.91 Å². The van der Waals surface area contributed by atoms with Gasteiger partial charge in [0.2, 0.25) is 0 Å². The quantitative estimate of drug-likeness (QED) is 0.862. The Morgan fingerprint density at radius 1 is 1.29 bits per heavy atom. The van der Waals surface area contributed by atoms with Gasteiger partial charge in [0.05, 0.1) is 17.9 Å². The lowest BCUT2D eigenvalue weighted by Crippen LogP contribution is -2.23. The lowest BCUT2D eigenvalue weighted by Gasteiger charge is -2.18. The van der Waals surface area contributed by atoms with Gasteiger partial charge in [-0.25, -0.2) is 5.43 Å². The van der Waals surface area contributed by atoms with Crippen LogP contribution < -0.4 is 10.2 Å². The largest absolute Gasteiger partial charge is 0.492 e. The first-order valence-corrected chi connectivity index (χ1v) is 6.81. The van der Waals surface area contributed by atoms with Crippen LogP contribution >= 0.6 is 0 Å². The number of carbonyl (C=O) groups is 1. The fourth-order valence-electron chi connectivity index (χ4n) is 2.37. The zero-order valence-corrected chi connectivity index (χ0v) is 12.0.